The van der Waals surface area contributed by atoms with Crippen molar-refractivity contribution < 1.29 is 48.0 Å². The fraction of sp³-hybridized carbons (Fsp3) is 0.684. The van der Waals surface area contributed by atoms with E-state index in [1.807, 2.05) is 32.8 Å². The van der Waals surface area contributed by atoms with Gasteiger partial charge in [-0.1, -0.05) is 45.9 Å². The van der Waals surface area contributed by atoms with Gasteiger partial charge in [0.2, 0.25) is 0 Å². The molecule has 2 heterocycles. The number of carbonyl (C=O) groups is 4. The summed E-state index contributed by atoms with van der Waals surface area (Å²) in [4.78, 5) is 56.9. The molecule has 0 amide bonds. The van der Waals surface area contributed by atoms with Crippen molar-refractivity contribution in [2.45, 2.75) is 129 Å². The van der Waals surface area contributed by atoms with Crippen LogP contribution in [0.4, 0.5) is 0 Å². The van der Waals surface area contributed by atoms with Crippen molar-refractivity contribution in [2.75, 3.05) is 21.2 Å². The Morgan fingerprint density at radius 2 is 1.67 bits per heavy atom. The minimum Gasteiger partial charge on any atom is -0.458 e. The average molecular weight is 688 g/mol. The second-order valence-corrected chi connectivity index (χ2v) is 14.4. The van der Waals surface area contributed by atoms with Crippen LogP contribution in [0.1, 0.15) is 91.4 Å². The van der Waals surface area contributed by atoms with Gasteiger partial charge >= 0.3 is 11.9 Å². The number of ether oxygens (including phenoxy) is 5. The normalized spacial score (nSPS) is 36.9. The molecule has 1 fully saturated rings. The minimum absolute atomic E-state index is 0.133. The Balaban J connectivity index is 2.14. The van der Waals surface area contributed by atoms with E-state index >= 15 is 0 Å². The fourth-order valence-corrected chi connectivity index (χ4v) is 7.11. The van der Waals surface area contributed by atoms with Gasteiger partial charge in [-0.2, -0.15) is 0 Å². The topological polar surface area (TPSA) is 138 Å². The molecule has 1 unspecified atom stereocenters. The van der Waals surface area contributed by atoms with Crippen LogP contribution in [-0.4, -0.2) is 103 Å². The smallest absolute Gasteiger partial charge is 0.338 e. The van der Waals surface area contributed by atoms with Crippen LogP contribution in [0.3, 0.4) is 0 Å². The third-order valence-electron chi connectivity index (χ3n) is 10.1. The van der Waals surface area contributed by atoms with E-state index in [1.165, 1.54) is 27.0 Å². The third kappa shape index (κ3) is 9.43. The number of esters is 2. The summed E-state index contributed by atoms with van der Waals surface area (Å²) in [5, 5.41) is 11.4. The predicted molar refractivity (Wildman–Crippen MR) is 184 cm³/mol. The summed E-state index contributed by atoms with van der Waals surface area (Å²) in [6.07, 6.45) is -1.64. The highest BCUT2D eigenvalue weighted by molar-refractivity contribution is 6.00. The minimum atomic E-state index is -1.65. The molecule has 274 valence electrons. The molecule has 0 spiro atoms. The van der Waals surface area contributed by atoms with Crippen molar-refractivity contribution in [1.29, 1.82) is 0 Å². The molecule has 0 radical (unpaired) electrons. The molecule has 2 aliphatic heterocycles. The highest BCUT2D eigenvalue weighted by Gasteiger charge is 2.51. The number of methoxy groups -OCH3 is 1. The van der Waals surface area contributed by atoms with Crippen molar-refractivity contribution in [2.24, 2.45) is 17.8 Å². The molecule has 1 N–H and O–H groups in total. The van der Waals surface area contributed by atoms with E-state index in [0.29, 0.717) is 24.0 Å². The number of hydrogen-bond donors (Lipinski definition) is 1. The zero-order valence-electron chi connectivity index (χ0n) is 31.1. The van der Waals surface area contributed by atoms with Gasteiger partial charge in [-0.15, -0.1) is 0 Å². The molecule has 0 saturated carbocycles. The molecule has 1 saturated heterocycles. The van der Waals surface area contributed by atoms with Gasteiger partial charge in [-0.3, -0.25) is 14.4 Å². The molecule has 0 bridgehead atoms. The number of benzene rings is 1. The highest BCUT2D eigenvalue weighted by Crippen LogP contribution is 2.38. The molecule has 1 aromatic carbocycles. The van der Waals surface area contributed by atoms with Crippen LogP contribution in [0.2, 0.25) is 0 Å². The SMILES string of the molecule is CCC1=C[C@](C)(O)[C@@H](CC)OC(=O)[C@H](C)C(=O)[C@H](C)[C@@H](OC2O[C@H](C)C[C@H](N(C)C)[C@H]2OC(=O)c2ccccc2)[C@@](C)(OC)C[C@@H](C)C1=O. The predicted octanol–water partition coefficient (Wildman–Crippen LogP) is 4.93. The van der Waals surface area contributed by atoms with E-state index in [9.17, 15) is 24.3 Å². The number of cyclic esters (lactones) is 1. The third-order valence-corrected chi connectivity index (χ3v) is 10.1. The van der Waals surface area contributed by atoms with Crippen molar-refractivity contribution in [1.82, 2.24) is 4.90 Å². The molecule has 49 heavy (non-hydrogen) atoms. The monoisotopic (exact) mass is 687 g/mol. The van der Waals surface area contributed by atoms with E-state index in [4.69, 9.17) is 23.7 Å². The zero-order valence-corrected chi connectivity index (χ0v) is 31.1. The lowest BCUT2D eigenvalue weighted by Crippen LogP contribution is -2.60. The van der Waals surface area contributed by atoms with Gasteiger partial charge in [0.1, 0.15) is 17.6 Å². The Morgan fingerprint density at radius 3 is 2.22 bits per heavy atom. The Hall–Kier alpha value is -2.96. The lowest BCUT2D eigenvalue weighted by molar-refractivity contribution is -0.294. The van der Waals surface area contributed by atoms with Crippen molar-refractivity contribution >= 4 is 23.5 Å². The fourth-order valence-electron chi connectivity index (χ4n) is 7.11. The Labute approximate surface area is 291 Å². The number of allylic oxidation sites excluding steroid dienone is 1. The Morgan fingerprint density at radius 1 is 1.04 bits per heavy atom. The standard InChI is InChI=1S/C38H57NO10/c1-12-26-21-37(7,44)29(13-2)47-34(42)25(6)31(41)24(5)33(38(8,45-11)20-22(3)30(26)40)49-36-32(28(39(9)10)19-23(4)46-36)48-35(43)27-17-15-14-16-18-27/h14-18,21-25,28-29,32-33,36,44H,12-13,19-20H2,1-11H3/t22-,23-,24+,25-,28+,29-,32-,33-,36?,37+,38+/m1/s1. The Kier molecular flexibility index (Phi) is 13.9. The highest BCUT2D eigenvalue weighted by atomic mass is 16.7. The first-order valence-corrected chi connectivity index (χ1v) is 17.4. The first-order valence-electron chi connectivity index (χ1n) is 17.4. The largest absolute Gasteiger partial charge is 0.458 e. The summed E-state index contributed by atoms with van der Waals surface area (Å²) in [5.41, 5.74) is -2.16. The number of nitrogens with zero attached hydrogens (tertiary/aromatic N) is 1. The number of ketones is 2. The molecule has 0 aromatic heterocycles. The van der Waals surface area contributed by atoms with E-state index in [2.05, 4.69) is 0 Å². The number of likely N-dealkylation sites (N-methyl/N-ethyl adjacent to an activating group) is 1. The molecule has 11 heteroatoms. The van der Waals surface area contributed by atoms with Crippen LogP contribution in [0.25, 0.3) is 0 Å². The second kappa shape index (κ2) is 16.8. The molecule has 3 rings (SSSR count). The molecule has 0 aliphatic carbocycles. The van der Waals surface area contributed by atoms with Crippen molar-refractivity contribution in [3.8, 4) is 0 Å². The van der Waals surface area contributed by atoms with Crippen LogP contribution in [0.5, 0.6) is 0 Å². The van der Waals surface area contributed by atoms with Gasteiger partial charge in [0.15, 0.2) is 24.0 Å². The summed E-state index contributed by atoms with van der Waals surface area (Å²) < 4.78 is 31.1. The van der Waals surface area contributed by atoms with Crippen LogP contribution in [-0.2, 0) is 38.1 Å². The maximum absolute atomic E-state index is 14.2. The lowest BCUT2D eigenvalue weighted by Gasteiger charge is -2.47. The molecule has 1 aromatic rings. The summed E-state index contributed by atoms with van der Waals surface area (Å²) in [6.45, 7) is 13.6. The van der Waals surface area contributed by atoms with Crippen molar-refractivity contribution in [3.63, 3.8) is 0 Å². The maximum atomic E-state index is 14.2. The molecule has 2 aliphatic rings. The molecular formula is C38H57NO10. The van der Waals surface area contributed by atoms with Gasteiger partial charge in [-0.25, -0.2) is 4.79 Å². The average Bonchev–Trinajstić information content (AvgIpc) is 3.07. The summed E-state index contributed by atoms with van der Waals surface area (Å²) in [6, 6.07) is 8.33. The van der Waals surface area contributed by atoms with Gasteiger partial charge in [-0.05, 0) is 91.3 Å². The summed E-state index contributed by atoms with van der Waals surface area (Å²) >= 11 is 0. The molecule has 11 nitrogen and oxygen atoms in total. The van der Waals surface area contributed by atoms with E-state index in [0.717, 1.165) is 0 Å². The summed E-state index contributed by atoms with van der Waals surface area (Å²) in [5.74, 6) is -4.82. The molecular weight excluding hydrogens is 630 g/mol. The lowest BCUT2D eigenvalue weighted by atomic mass is 9.76. The first-order chi connectivity index (χ1) is 22.9. The van der Waals surface area contributed by atoms with Gasteiger partial charge in [0.05, 0.1) is 29.4 Å². The maximum Gasteiger partial charge on any atom is 0.338 e. The second-order valence-electron chi connectivity index (χ2n) is 14.4. The van der Waals surface area contributed by atoms with Gasteiger partial charge < -0.3 is 33.7 Å². The summed E-state index contributed by atoms with van der Waals surface area (Å²) in [7, 11) is 5.26. The number of rotatable bonds is 8. The van der Waals surface area contributed by atoms with Crippen LogP contribution in [0.15, 0.2) is 42.0 Å². The van der Waals surface area contributed by atoms with E-state index in [-0.39, 0.29) is 30.8 Å². The Bertz CT molecular complexity index is 1340. The van der Waals surface area contributed by atoms with Gasteiger partial charge in [0, 0.05) is 18.9 Å². The first kappa shape index (κ1) is 40.5. The van der Waals surface area contributed by atoms with Crippen LogP contribution in [0, 0.1) is 17.8 Å². The quantitative estimate of drug-likeness (QED) is 0.294. The van der Waals surface area contributed by atoms with Gasteiger partial charge in [0.25, 0.3) is 0 Å². The number of carbonyl (C=O) groups excluding carboxylic acids is 4. The number of Topliss-reactive ketones (excluding diaryl/α,β-unsaturated/α-hetero) is 2. The number of aliphatic hydroxyl groups is 1. The van der Waals surface area contributed by atoms with E-state index < -0.39 is 71.3 Å². The zero-order chi connectivity index (χ0) is 36.8. The van der Waals surface area contributed by atoms with Crippen LogP contribution < -0.4 is 0 Å². The number of hydrogen-bond acceptors (Lipinski definition) is 11. The van der Waals surface area contributed by atoms with E-state index in [1.54, 1.807) is 58.0 Å². The molecule has 11 atom stereocenters. The van der Waals surface area contributed by atoms with Crippen molar-refractivity contribution in [3.05, 3.63) is 47.5 Å². The van der Waals surface area contributed by atoms with Crippen LogP contribution >= 0.6 is 0 Å².